The van der Waals surface area contributed by atoms with E-state index in [-0.39, 0.29) is 5.78 Å². The van der Waals surface area contributed by atoms with Crippen molar-refractivity contribution in [1.29, 1.82) is 0 Å². The van der Waals surface area contributed by atoms with Gasteiger partial charge in [-0.05, 0) is 43.5 Å². The van der Waals surface area contributed by atoms with Crippen LogP contribution in [-0.2, 0) is 26.1 Å². The zero-order valence-corrected chi connectivity index (χ0v) is 16.7. The third-order valence-corrected chi connectivity index (χ3v) is 6.67. The zero-order chi connectivity index (χ0) is 19.4. The Morgan fingerprint density at radius 3 is 2.44 bits per heavy atom. The quantitative estimate of drug-likeness (QED) is 0.808. The molecule has 146 valence electrons. The Labute approximate surface area is 160 Å². The fourth-order valence-electron chi connectivity index (χ4n) is 5.49. The normalized spacial score (nSPS) is 29.9. The molecule has 2 atom stereocenters. The first-order chi connectivity index (χ1) is 13.0. The molecule has 0 radical (unpaired) electrons. The number of carbonyl (C=O) groups excluding carboxylic acids is 1. The molecule has 0 unspecified atom stereocenters. The highest BCUT2D eigenvalue weighted by Crippen LogP contribution is 2.59. The second-order valence-corrected chi connectivity index (χ2v) is 7.55. The predicted octanol–water partition coefficient (Wildman–Crippen LogP) is 2.44. The lowest BCUT2D eigenvalue weighted by molar-refractivity contribution is -0.165. The summed E-state index contributed by atoms with van der Waals surface area (Å²) in [5.41, 5.74) is 1.88. The summed E-state index contributed by atoms with van der Waals surface area (Å²) in [6.07, 6.45) is 2.90. The molecular weight excluding hydrogens is 346 g/mol. The zero-order valence-electron chi connectivity index (χ0n) is 16.7. The molecule has 2 bridgehead atoms. The van der Waals surface area contributed by atoms with Gasteiger partial charge in [-0.15, -0.1) is 0 Å². The molecule has 0 N–H and O–H groups in total. The molecule has 0 amide bonds. The molecule has 1 spiro atoms. The van der Waals surface area contributed by atoms with E-state index >= 15 is 0 Å². The van der Waals surface area contributed by atoms with Gasteiger partial charge in [0.25, 0.3) is 0 Å². The number of hydrogen-bond donors (Lipinski definition) is 0. The minimum Gasteiger partial charge on any atom is -0.496 e. The fraction of sp³-hybridized carbons (Fsp3) is 0.571. The van der Waals surface area contributed by atoms with Gasteiger partial charge in [-0.1, -0.05) is 6.07 Å². The van der Waals surface area contributed by atoms with Gasteiger partial charge in [-0.3, -0.25) is 9.69 Å². The third kappa shape index (κ3) is 2.11. The molecule has 2 aliphatic heterocycles. The van der Waals surface area contributed by atoms with Crippen LogP contribution in [0, 0.1) is 0 Å². The molecule has 4 aliphatic rings. The molecule has 1 saturated heterocycles. The highest BCUT2D eigenvalue weighted by molar-refractivity contribution is 5.94. The number of hydrogen-bond acceptors (Lipinski definition) is 6. The Morgan fingerprint density at radius 1 is 1.04 bits per heavy atom. The van der Waals surface area contributed by atoms with Crippen LogP contribution in [0.3, 0.4) is 0 Å². The first-order valence-electron chi connectivity index (χ1n) is 9.32. The first kappa shape index (κ1) is 18.3. The van der Waals surface area contributed by atoms with Crippen molar-refractivity contribution < 1.29 is 23.7 Å². The Morgan fingerprint density at radius 2 is 1.81 bits per heavy atom. The number of nitrogens with zero attached hydrogens (tertiary/aromatic N) is 1. The number of rotatable bonds is 4. The molecule has 0 saturated carbocycles. The Balaban J connectivity index is 2.08. The summed E-state index contributed by atoms with van der Waals surface area (Å²) >= 11 is 0. The smallest absolute Gasteiger partial charge is 0.239 e. The second-order valence-electron chi connectivity index (χ2n) is 7.55. The summed E-state index contributed by atoms with van der Waals surface area (Å²) in [6, 6.07) is 4.05. The van der Waals surface area contributed by atoms with E-state index in [9.17, 15) is 4.79 Å². The highest BCUT2D eigenvalue weighted by Gasteiger charge is 2.62. The molecule has 1 fully saturated rings. The molecule has 5 rings (SSSR count). The monoisotopic (exact) mass is 373 g/mol. The van der Waals surface area contributed by atoms with Crippen LogP contribution in [0.4, 0.5) is 0 Å². The number of ketones is 1. The van der Waals surface area contributed by atoms with Gasteiger partial charge in [-0.2, -0.15) is 0 Å². The van der Waals surface area contributed by atoms with Crippen molar-refractivity contribution in [2.45, 2.75) is 36.8 Å². The van der Waals surface area contributed by atoms with E-state index in [0.29, 0.717) is 17.9 Å². The topological polar surface area (TPSA) is 57.2 Å². The molecule has 27 heavy (non-hydrogen) atoms. The van der Waals surface area contributed by atoms with Crippen LogP contribution >= 0.6 is 0 Å². The fourth-order valence-corrected chi connectivity index (χ4v) is 5.49. The van der Waals surface area contributed by atoms with Gasteiger partial charge in [0.2, 0.25) is 5.72 Å². The summed E-state index contributed by atoms with van der Waals surface area (Å²) in [4.78, 5) is 15.5. The molecule has 1 aromatic rings. The summed E-state index contributed by atoms with van der Waals surface area (Å²) in [5, 5.41) is 0. The van der Waals surface area contributed by atoms with Crippen molar-refractivity contribution in [2.24, 2.45) is 0 Å². The van der Waals surface area contributed by atoms with E-state index in [0.717, 1.165) is 42.7 Å². The Bertz CT molecular complexity index is 832. The van der Waals surface area contributed by atoms with Crippen LogP contribution in [-0.4, -0.2) is 58.4 Å². The number of carbonyl (C=O) groups is 1. The number of Topliss-reactive ketones (excluding diaryl/α,β-unsaturated/α-hetero) is 1. The van der Waals surface area contributed by atoms with Crippen molar-refractivity contribution in [1.82, 2.24) is 4.90 Å². The van der Waals surface area contributed by atoms with Gasteiger partial charge < -0.3 is 18.9 Å². The van der Waals surface area contributed by atoms with E-state index in [1.54, 1.807) is 28.4 Å². The summed E-state index contributed by atoms with van der Waals surface area (Å²) in [6.45, 7) is 0.718. The summed E-state index contributed by atoms with van der Waals surface area (Å²) in [5.74, 6) is 2.10. The maximum atomic E-state index is 13.5. The van der Waals surface area contributed by atoms with Crippen LogP contribution in [0.5, 0.6) is 11.5 Å². The molecule has 0 aromatic heterocycles. The maximum absolute atomic E-state index is 13.5. The average Bonchev–Trinajstić information content (AvgIpc) is 2.86. The van der Waals surface area contributed by atoms with E-state index in [4.69, 9.17) is 18.9 Å². The minimum atomic E-state index is -1.13. The van der Waals surface area contributed by atoms with Crippen molar-refractivity contribution in [2.75, 3.05) is 42.0 Å². The van der Waals surface area contributed by atoms with Crippen molar-refractivity contribution in [3.8, 4) is 11.5 Å². The molecule has 1 aromatic carbocycles. The van der Waals surface area contributed by atoms with Crippen LogP contribution in [0.2, 0.25) is 0 Å². The molecular formula is C21H27NO5. The van der Waals surface area contributed by atoms with Crippen molar-refractivity contribution in [3.63, 3.8) is 0 Å². The number of ether oxygens (including phenoxy) is 4. The lowest BCUT2D eigenvalue weighted by Gasteiger charge is -2.47. The summed E-state index contributed by atoms with van der Waals surface area (Å²) < 4.78 is 23.1. The lowest BCUT2D eigenvalue weighted by atomic mass is 9.59. The Hall–Kier alpha value is -2.05. The van der Waals surface area contributed by atoms with Crippen LogP contribution in [0.15, 0.2) is 23.5 Å². The Kier molecular flexibility index (Phi) is 4.24. The largest absolute Gasteiger partial charge is 0.496 e. The molecule has 2 heterocycles. The minimum absolute atomic E-state index is 0.0309. The van der Waals surface area contributed by atoms with E-state index in [2.05, 4.69) is 6.07 Å². The first-order valence-corrected chi connectivity index (χ1v) is 9.32. The second kappa shape index (κ2) is 6.24. The summed E-state index contributed by atoms with van der Waals surface area (Å²) in [7, 11) is 8.46. The molecule has 6 heteroatoms. The van der Waals surface area contributed by atoms with Crippen LogP contribution in [0.25, 0.3) is 0 Å². The van der Waals surface area contributed by atoms with Gasteiger partial charge in [0.1, 0.15) is 0 Å². The number of aryl methyl sites for hydroxylation is 1. The van der Waals surface area contributed by atoms with Crippen LogP contribution in [0.1, 0.15) is 30.4 Å². The molecule has 2 aliphatic carbocycles. The van der Waals surface area contributed by atoms with Crippen LogP contribution < -0.4 is 9.47 Å². The van der Waals surface area contributed by atoms with Crippen molar-refractivity contribution >= 4 is 5.78 Å². The van der Waals surface area contributed by atoms with E-state index in [1.807, 2.05) is 18.0 Å². The van der Waals surface area contributed by atoms with E-state index < -0.39 is 11.1 Å². The van der Waals surface area contributed by atoms with Crippen molar-refractivity contribution in [3.05, 3.63) is 34.6 Å². The average molecular weight is 373 g/mol. The van der Waals surface area contributed by atoms with Gasteiger partial charge in [0, 0.05) is 31.1 Å². The van der Waals surface area contributed by atoms with Gasteiger partial charge in [0.05, 0.1) is 21.3 Å². The SMILES string of the molecule is COC1=C2CCc3ccc(OC)c(OC)c3[C@@]23CCN(C)[C@@]1(OC)C(=O)C3. The molecule has 6 nitrogen and oxygen atoms in total. The third-order valence-electron chi connectivity index (χ3n) is 6.67. The van der Waals surface area contributed by atoms with E-state index in [1.165, 1.54) is 5.56 Å². The standard InChI is InChI=1S/C21H27NO5/c1-22-11-10-20-12-16(23)21(22,27-5)19(26-4)14(20)8-6-13-7-9-15(24-2)18(25-3)17(13)20/h7,9H,6,8,10-12H2,1-5H3/t20-,21-/m1/s1. The number of fused-ring (bicyclic) bond motifs is 4. The predicted molar refractivity (Wildman–Crippen MR) is 100 cm³/mol. The number of allylic oxidation sites excluding steroid dienone is 1. The van der Waals surface area contributed by atoms with Gasteiger partial charge in [0.15, 0.2) is 23.0 Å². The van der Waals surface area contributed by atoms with Gasteiger partial charge >= 0.3 is 0 Å². The highest BCUT2D eigenvalue weighted by atomic mass is 16.6. The maximum Gasteiger partial charge on any atom is 0.239 e. The number of benzene rings is 1. The van der Waals surface area contributed by atoms with Gasteiger partial charge in [-0.25, -0.2) is 0 Å². The lowest BCUT2D eigenvalue weighted by Crippen LogP contribution is -2.58. The number of likely N-dealkylation sites (N-methyl/N-ethyl adjacent to an activating group) is 1. The number of methoxy groups -OCH3 is 4.